The zero-order chi connectivity index (χ0) is 33.3. The molecule has 2 aromatic carbocycles. The van der Waals surface area contributed by atoms with Crippen LogP contribution in [0.2, 0.25) is 0 Å². The number of carbonyl (C=O) groups is 6. The summed E-state index contributed by atoms with van der Waals surface area (Å²) >= 11 is 0. The van der Waals surface area contributed by atoms with Gasteiger partial charge in [-0.15, -0.1) is 0 Å². The summed E-state index contributed by atoms with van der Waals surface area (Å²) in [6, 6.07) is 0. The molecule has 0 N–H and O–H groups in total. The first-order chi connectivity index (χ1) is 20.4. The fraction of sp³-hybridized carbons (Fsp3) is 0.375. The maximum absolute atomic E-state index is 13.2. The molecule has 3 rings (SSSR count). The lowest BCUT2D eigenvalue weighted by molar-refractivity contribution is -0.133. The van der Waals surface area contributed by atoms with E-state index in [1.165, 1.54) is 27.9 Å². The second kappa shape index (κ2) is 12.7. The van der Waals surface area contributed by atoms with Crippen molar-refractivity contribution in [3.8, 4) is 34.5 Å². The SMILES string of the molecule is COc1c(C)c(OC(C)=O)c(C(C)=O)c(OC(C)=O)c1Cc1c(OC(C)=O)c2c(c(C(C)=O)c1OC(C)=O)OC(C)(C)C=C2. The molecule has 0 fully saturated rings. The second-order valence-corrected chi connectivity index (χ2v) is 10.6. The van der Waals surface area contributed by atoms with Gasteiger partial charge in [-0.3, -0.25) is 28.8 Å². The molecule has 0 aliphatic carbocycles. The topological polar surface area (TPSA) is 158 Å². The zero-order valence-corrected chi connectivity index (χ0v) is 26.3. The Balaban J connectivity index is 2.61. The first kappa shape index (κ1) is 33.5. The molecule has 12 heteroatoms. The van der Waals surface area contributed by atoms with Crippen molar-refractivity contribution in [2.45, 2.75) is 74.3 Å². The molecule has 0 saturated carbocycles. The molecule has 0 aromatic heterocycles. The molecule has 0 unspecified atom stereocenters. The quantitative estimate of drug-likeness (QED) is 0.215. The van der Waals surface area contributed by atoms with Crippen molar-refractivity contribution in [1.29, 1.82) is 0 Å². The highest BCUT2D eigenvalue weighted by Crippen LogP contribution is 2.52. The fourth-order valence-corrected chi connectivity index (χ4v) is 4.93. The van der Waals surface area contributed by atoms with Crippen molar-refractivity contribution in [2.75, 3.05) is 7.11 Å². The predicted octanol–water partition coefficient (Wildman–Crippen LogP) is 4.89. The normalized spacial score (nSPS) is 12.8. The van der Waals surface area contributed by atoms with Crippen molar-refractivity contribution < 1.29 is 57.2 Å². The summed E-state index contributed by atoms with van der Waals surface area (Å²) in [4.78, 5) is 75.3. The highest BCUT2D eigenvalue weighted by atomic mass is 16.6. The molecule has 0 radical (unpaired) electrons. The number of benzene rings is 2. The lowest BCUT2D eigenvalue weighted by atomic mass is 9.89. The monoisotopic (exact) mass is 610 g/mol. The summed E-state index contributed by atoms with van der Waals surface area (Å²) in [7, 11) is 1.31. The molecule has 0 amide bonds. The van der Waals surface area contributed by atoms with E-state index in [0.29, 0.717) is 0 Å². The van der Waals surface area contributed by atoms with Crippen molar-refractivity contribution >= 4 is 41.5 Å². The number of hydrogen-bond donors (Lipinski definition) is 0. The average molecular weight is 611 g/mol. The maximum Gasteiger partial charge on any atom is 0.308 e. The largest absolute Gasteiger partial charge is 0.496 e. The molecule has 234 valence electrons. The second-order valence-electron chi connectivity index (χ2n) is 10.6. The highest BCUT2D eigenvalue weighted by molar-refractivity contribution is 6.04. The molecule has 44 heavy (non-hydrogen) atoms. The third-order valence-corrected chi connectivity index (χ3v) is 6.44. The van der Waals surface area contributed by atoms with Crippen molar-refractivity contribution in [3.63, 3.8) is 0 Å². The van der Waals surface area contributed by atoms with E-state index in [9.17, 15) is 28.8 Å². The molecular formula is C32H34O12. The number of ketones is 2. The van der Waals surface area contributed by atoms with E-state index in [1.807, 2.05) is 0 Å². The first-order valence-corrected chi connectivity index (χ1v) is 13.5. The molecule has 12 nitrogen and oxygen atoms in total. The Morgan fingerprint density at radius 2 is 1.09 bits per heavy atom. The van der Waals surface area contributed by atoms with Gasteiger partial charge in [-0.25, -0.2) is 0 Å². The molecule has 1 aliphatic heterocycles. The molecular weight excluding hydrogens is 576 g/mol. The lowest BCUT2D eigenvalue weighted by Crippen LogP contribution is -2.29. The van der Waals surface area contributed by atoms with Gasteiger partial charge >= 0.3 is 23.9 Å². The molecule has 0 saturated heterocycles. The minimum Gasteiger partial charge on any atom is -0.496 e. The van der Waals surface area contributed by atoms with Crippen molar-refractivity contribution in [3.05, 3.63) is 39.5 Å². The predicted molar refractivity (Wildman–Crippen MR) is 156 cm³/mol. The van der Waals surface area contributed by atoms with E-state index in [1.54, 1.807) is 26.0 Å². The number of rotatable bonds is 9. The van der Waals surface area contributed by atoms with Crippen LogP contribution in [0.15, 0.2) is 6.08 Å². The van der Waals surface area contributed by atoms with Gasteiger partial charge in [-0.2, -0.15) is 0 Å². The van der Waals surface area contributed by atoms with E-state index in [-0.39, 0.29) is 74.3 Å². The van der Waals surface area contributed by atoms with Gasteiger partial charge in [0, 0.05) is 50.8 Å². The number of Topliss-reactive ketones (excluding diaryl/α,β-unsaturated/α-hetero) is 2. The van der Waals surface area contributed by atoms with Crippen LogP contribution in [0, 0.1) is 6.92 Å². The Morgan fingerprint density at radius 1 is 0.659 bits per heavy atom. The smallest absolute Gasteiger partial charge is 0.308 e. The summed E-state index contributed by atoms with van der Waals surface area (Å²) in [6.45, 7) is 12.0. The lowest BCUT2D eigenvalue weighted by Gasteiger charge is -2.32. The molecule has 0 atom stereocenters. The van der Waals surface area contributed by atoms with Crippen LogP contribution in [0.25, 0.3) is 6.08 Å². The Bertz CT molecular complexity index is 1640. The van der Waals surface area contributed by atoms with Crippen LogP contribution < -0.4 is 28.4 Å². The fourth-order valence-electron chi connectivity index (χ4n) is 4.93. The number of esters is 4. The van der Waals surface area contributed by atoms with Crippen LogP contribution >= 0.6 is 0 Å². The standard InChI is InChI=1S/C32H34O12/c1-14-26(39-10)22(29(42-19(6)37)24(15(2)33)27(14)40-17(4)35)13-23-28(41-18(5)36)21-11-12-32(8,9)44-31(21)25(16(3)34)30(23)43-20(7)38/h11-12H,13H2,1-10H3. The van der Waals surface area contributed by atoms with Crippen LogP contribution in [0.3, 0.4) is 0 Å². The van der Waals surface area contributed by atoms with Crippen molar-refractivity contribution in [2.24, 2.45) is 0 Å². The molecule has 1 heterocycles. The van der Waals surface area contributed by atoms with Gasteiger partial charge in [0.25, 0.3) is 0 Å². The van der Waals surface area contributed by atoms with Crippen LogP contribution in [0.4, 0.5) is 0 Å². The number of methoxy groups -OCH3 is 1. The van der Waals surface area contributed by atoms with E-state index in [2.05, 4.69) is 0 Å². The van der Waals surface area contributed by atoms with Gasteiger partial charge < -0.3 is 28.4 Å². The van der Waals surface area contributed by atoms with Gasteiger partial charge in [0.1, 0.15) is 34.0 Å². The molecule has 0 bridgehead atoms. The summed E-state index contributed by atoms with van der Waals surface area (Å²) in [5.74, 6) is -5.05. The van der Waals surface area contributed by atoms with Gasteiger partial charge in [-0.05, 0) is 46.8 Å². The summed E-state index contributed by atoms with van der Waals surface area (Å²) in [5, 5.41) is 0. The van der Waals surface area contributed by atoms with E-state index in [4.69, 9.17) is 28.4 Å². The Kier molecular flexibility index (Phi) is 9.67. The van der Waals surface area contributed by atoms with Gasteiger partial charge in [-0.1, -0.05) is 0 Å². The van der Waals surface area contributed by atoms with Crippen LogP contribution in [0.1, 0.15) is 98.4 Å². The Labute approximate surface area is 254 Å². The summed E-state index contributed by atoms with van der Waals surface area (Å²) < 4.78 is 34.0. The first-order valence-electron chi connectivity index (χ1n) is 13.5. The van der Waals surface area contributed by atoms with E-state index < -0.39 is 41.0 Å². The van der Waals surface area contributed by atoms with E-state index in [0.717, 1.165) is 27.7 Å². The molecule has 0 spiro atoms. The Morgan fingerprint density at radius 3 is 1.55 bits per heavy atom. The number of ether oxygens (including phenoxy) is 6. The van der Waals surface area contributed by atoms with Crippen LogP contribution in [-0.2, 0) is 25.6 Å². The van der Waals surface area contributed by atoms with Crippen LogP contribution in [-0.4, -0.2) is 48.2 Å². The Hall–Kier alpha value is -5.00. The molecule has 2 aromatic rings. The van der Waals surface area contributed by atoms with Crippen molar-refractivity contribution in [1.82, 2.24) is 0 Å². The molecule has 1 aliphatic rings. The third kappa shape index (κ3) is 6.80. The minimum atomic E-state index is -0.883. The average Bonchev–Trinajstić information content (AvgIpc) is 2.86. The highest BCUT2D eigenvalue weighted by Gasteiger charge is 2.37. The number of carbonyl (C=O) groups excluding carboxylic acids is 6. The van der Waals surface area contributed by atoms with E-state index >= 15 is 0 Å². The summed E-state index contributed by atoms with van der Waals surface area (Å²) in [6.07, 6.45) is 2.94. The zero-order valence-electron chi connectivity index (χ0n) is 26.3. The summed E-state index contributed by atoms with van der Waals surface area (Å²) in [5.41, 5.74) is -0.731. The van der Waals surface area contributed by atoms with Crippen LogP contribution in [0.5, 0.6) is 34.5 Å². The number of hydrogen-bond acceptors (Lipinski definition) is 12. The van der Waals surface area contributed by atoms with Gasteiger partial charge in [0.05, 0.1) is 12.7 Å². The van der Waals surface area contributed by atoms with Gasteiger partial charge in [0.2, 0.25) is 0 Å². The maximum atomic E-state index is 13.2. The van der Waals surface area contributed by atoms with Gasteiger partial charge in [0.15, 0.2) is 28.8 Å². The number of fused-ring (bicyclic) bond motifs is 1. The third-order valence-electron chi connectivity index (χ3n) is 6.44. The minimum absolute atomic E-state index is 0.00754.